The number of unbranched alkanes of at least 4 members (excludes halogenated alkanes) is 1. The summed E-state index contributed by atoms with van der Waals surface area (Å²) >= 11 is 0. The van der Waals surface area contributed by atoms with E-state index in [9.17, 15) is 9.59 Å². The first-order valence-electron chi connectivity index (χ1n) is 7.72. The maximum atomic E-state index is 12.7. The zero-order valence-corrected chi connectivity index (χ0v) is 13.4. The van der Waals surface area contributed by atoms with E-state index >= 15 is 0 Å². The van der Waals surface area contributed by atoms with E-state index in [1.807, 2.05) is 33.1 Å². The number of ether oxygens (including phenoxy) is 1. The van der Waals surface area contributed by atoms with Crippen molar-refractivity contribution in [2.24, 2.45) is 5.92 Å². The lowest BCUT2D eigenvalue weighted by molar-refractivity contribution is -0.631. The van der Waals surface area contributed by atoms with Crippen molar-refractivity contribution in [3.8, 4) is 0 Å². The van der Waals surface area contributed by atoms with Crippen molar-refractivity contribution in [1.82, 2.24) is 4.90 Å². The quantitative estimate of drug-likeness (QED) is 0.771. The molecule has 1 aliphatic heterocycles. The average Bonchev–Trinajstić information content (AvgIpc) is 2.62. The molecule has 2 amide bonds. The zero-order chi connectivity index (χ0) is 15.3. The average molecular weight is 285 g/mol. The predicted octanol–water partition coefficient (Wildman–Crippen LogP) is 1.52. The molecule has 2 N–H and O–H groups in total. The van der Waals surface area contributed by atoms with Gasteiger partial charge in [0.1, 0.15) is 5.60 Å². The van der Waals surface area contributed by atoms with Crippen molar-refractivity contribution in [3.63, 3.8) is 0 Å². The van der Waals surface area contributed by atoms with Crippen LogP contribution in [-0.2, 0) is 9.53 Å². The topological polar surface area (TPSA) is 63.2 Å². The van der Waals surface area contributed by atoms with Crippen molar-refractivity contribution in [2.45, 2.75) is 65.0 Å². The van der Waals surface area contributed by atoms with Gasteiger partial charge in [0.15, 0.2) is 0 Å². The van der Waals surface area contributed by atoms with E-state index in [1.54, 1.807) is 0 Å². The van der Waals surface area contributed by atoms with E-state index in [1.165, 1.54) is 4.90 Å². The van der Waals surface area contributed by atoms with Gasteiger partial charge in [0.2, 0.25) is 5.91 Å². The molecule has 2 atom stereocenters. The Balaban J connectivity index is 2.89. The Morgan fingerprint density at radius 3 is 2.60 bits per heavy atom. The van der Waals surface area contributed by atoms with Crippen LogP contribution in [0.25, 0.3) is 0 Å². The fraction of sp³-hybridized carbons (Fsp3) is 0.867. The fourth-order valence-corrected chi connectivity index (χ4v) is 2.97. The fourth-order valence-electron chi connectivity index (χ4n) is 2.97. The molecule has 1 heterocycles. The van der Waals surface area contributed by atoms with Crippen molar-refractivity contribution in [3.05, 3.63) is 0 Å². The van der Waals surface area contributed by atoms with E-state index in [-0.39, 0.29) is 17.9 Å². The third kappa shape index (κ3) is 3.51. The van der Waals surface area contributed by atoms with Crippen LogP contribution in [0.3, 0.4) is 0 Å². The number of amides is 2. The van der Waals surface area contributed by atoms with E-state index < -0.39 is 11.7 Å². The van der Waals surface area contributed by atoms with Crippen LogP contribution in [0.15, 0.2) is 0 Å². The molecule has 0 radical (unpaired) electrons. The summed E-state index contributed by atoms with van der Waals surface area (Å²) in [5.41, 5.74) is -0.591. The van der Waals surface area contributed by atoms with Crippen LogP contribution in [0.5, 0.6) is 0 Å². The maximum absolute atomic E-state index is 12.7. The van der Waals surface area contributed by atoms with Gasteiger partial charge in [-0.05, 0) is 26.7 Å². The summed E-state index contributed by atoms with van der Waals surface area (Å²) < 4.78 is 5.37. The Bertz CT molecular complexity index is 355. The molecule has 0 unspecified atom stereocenters. The van der Waals surface area contributed by atoms with Crippen LogP contribution >= 0.6 is 0 Å². The lowest BCUT2D eigenvalue weighted by atomic mass is 9.94. The first kappa shape index (κ1) is 17.0. The molecule has 1 rings (SSSR count). The summed E-state index contributed by atoms with van der Waals surface area (Å²) in [4.78, 5) is 26.1. The Kier molecular flexibility index (Phi) is 5.99. The Hall–Kier alpha value is -1.10. The third-order valence-electron chi connectivity index (χ3n) is 4.06. The number of carbonyl (C=O) groups excluding carboxylic acids is 2. The lowest BCUT2D eigenvalue weighted by Crippen LogP contribution is -2.82. The largest absolute Gasteiger partial charge is 0.441 e. The van der Waals surface area contributed by atoms with E-state index in [0.717, 1.165) is 32.2 Å². The molecule has 0 aromatic heterocycles. The number of nitrogens with two attached hydrogens (primary N) is 1. The van der Waals surface area contributed by atoms with Gasteiger partial charge in [0.05, 0.1) is 25.6 Å². The smallest absolute Gasteiger partial charge is 0.417 e. The third-order valence-corrected chi connectivity index (χ3v) is 4.06. The molecular formula is C15H29N2O3+. The molecule has 116 valence electrons. The molecule has 0 saturated carbocycles. The monoisotopic (exact) mass is 285 g/mol. The van der Waals surface area contributed by atoms with E-state index in [0.29, 0.717) is 0 Å². The number of carbonyl (C=O) groups is 2. The number of cyclic esters (lactones) is 1. The Morgan fingerprint density at radius 1 is 1.45 bits per heavy atom. The highest BCUT2D eigenvalue weighted by atomic mass is 16.6. The number of quaternary nitrogens is 1. The summed E-state index contributed by atoms with van der Waals surface area (Å²) in [5.74, 6) is -0.172. The van der Waals surface area contributed by atoms with Gasteiger partial charge in [0, 0.05) is 0 Å². The van der Waals surface area contributed by atoms with Crippen molar-refractivity contribution >= 4 is 12.0 Å². The van der Waals surface area contributed by atoms with Gasteiger partial charge in [-0.2, -0.15) is 0 Å². The van der Waals surface area contributed by atoms with E-state index in [2.05, 4.69) is 6.92 Å². The van der Waals surface area contributed by atoms with Crippen molar-refractivity contribution in [1.29, 1.82) is 0 Å². The van der Waals surface area contributed by atoms with Gasteiger partial charge < -0.3 is 10.1 Å². The molecule has 20 heavy (non-hydrogen) atoms. The van der Waals surface area contributed by atoms with Gasteiger partial charge in [-0.25, -0.2) is 9.69 Å². The SMILES string of the molecule is CCCC[C@H](C[NH2+]C)C(=O)N1C(=O)OC(C)(C)[C@@H]1CC. The molecular weight excluding hydrogens is 256 g/mol. The molecule has 1 fully saturated rings. The van der Waals surface area contributed by atoms with Crippen LogP contribution in [0, 0.1) is 5.92 Å². The number of hydrogen-bond acceptors (Lipinski definition) is 3. The van der Waals surface area contributed by atoms with Gasteiger partial charge >= 0.3 is 6.09 Å². The Labute approximate surface area is 122 Å². The van der Waals surface area contributed by atoms with Crippen molar-refractivity contribution < 1.29 is 19.6 Å². The summed E-state index contributed by atoms with van der Waals surface area (Å²) in [6.45, 7) is 8.57. The van der Waals surface area contributed by atoms with Crippen LogP contribution in [0.1, 0.15) is 53.4 Å². The molecule has 0 aliphatic carbocycles. The standard InChI is InChI=1S/C15H28N2O3/c1-6-8-9-11(10-16-5)13(18)17-12(7-2)15(3,4)20-14(17)19/h11-12,16H,6-10H2,1-5H3/p+1/t11-,12+/m1/s1. The second-order valence-electron chi connectivity index (χ2n) is 6.09. The normalized spacial score (nSPS) is 22.8. The Morgan fingerprint density at radius 2 is 2.10 bits per heavy atom. The first-order valence-corrected chi connectivity index (χ1v) is 7.72. The summed E-state index contributed by atoms with van der Waals surface area (Å²) in [6.07, 6.45) is 3.14. The molecule has 0 aromatic carbocycles. The van der Waals surface area contributed by atoms with Crippen LogP contribution in [0.4, 0.5) is 4.79 Å². The first-order chi connectivity index (χ1) is 9.38. The molecule has 5 nitrogen and oxygen atoms in total. The zero-order valence-electron chi connectivity index (χ0n) is 13.4. The highest BCUT2D eigenvalue weighted by Crippen LogP contribution is 2.32. The van der Waals surface area contributed by atoms with Crippen LogP contribution in [-0.4, -0.2) is 42.1 Å². The van der Waals surface area contributed by atoms with Crippen molar-refractivity contribution in [2.75, 3.05) is 13.6 Å². The van der Waals surface area contributed by atoms with Crippen LogP contribution < -0.4 is 5.32 Å². The van der Waals surface area contributed by atoms with Gasteiger partial charge in [0.25, 0.3) is 0 Å². The molecule has 5 heteroatoms. The van der Waals surface area contributed by atoms with Crippen LogP contribution in [0.2, 0.25) is 0 Å². The lowest BCUT2D eigenvalue weighted by Gasteiger charge is -2.28. The molecule has 0 bridgehead atoms. The highest BCUT2D eigenvalue weighted by Gasteiger charge is 2.50. The maximum Gasteiger partial charge on any atom is 0.417 e. The molecule has 1 saturated heterocycles. The number of nitrogens with zero attached hydrogens (tertiary/aromatic N) is 1. The summed E-state index contributed by atoms with van der Waals surface area (Å²) in [6, 6.07) is -0.163. The minimum atomic E-state index is -0.591. The second kappa shape index (κ2) is 7.07. The second-order valence-corrected chi connectivity index (χ2v) is 6.09. The number of hydrogen-bond donors (Lipinski definition) is 1. The van der Waals surface area contributed by atoms with Gasteiger partial charge in [-0.1, -0.05) is 26.7 Å². The minimum absolute atomic E-state index is 0.0704. The molecule has 0 aromatic rings. The molecule has 1 aliphatic rings. The number of imide groups is 1. The molecule has 0 spiro atoms. The highest BCUT2D eigenvalue weighted by molar-refractivity contribution is 5.95. The summed E-state index contributed by atoms with van der Waals surface area (Å²) in [5, 5.41) is 2.01. The minimum Gasteiger partial charge on any atom is -0.441 e. The summed E-state index contributed by atoms with van der Waals surface area (Å²) in [7, 11) is 1.95. The van der Waals surface area contributed by atoms with E-state index in [4.69, 9.17) is 4.74 Å². The predicted molar refractivity (Wildman–Crippen MR) is 77.2 cm³/mol. The van der Waals surface area contributed by atoms with Gasteiger partial charge in [-0.15, -0.1) is 0 Å². The number of rotatable bonds is 7. The van der Waals surface area contributed by atoms with Gasteiger partial charge in [-0.3, -0.25) is 4.79 Å².